The highest BCUT2D eigenvalue weighted by molar-refractivity contribution is 6.36. The Bertz CT molecular complexity index is 603. The molecule has 1 heterocycles. The Morgan fingerprint density at radius 2 is 2.09 bits per heavy atom. The third-order valence-electron chi connectivity index (χ3n) is 3.41. The number of amides is 1. The van der Waals surface area contributed by atoms with Crippen LogP contribution in [0.5, 0.6) is 5.75 Å². The van der Waals surface area contributed by atoms with Gasteiger partial charge in [0.05, 0.1) is 24.2 Å². The topological polar surface area (TPSA) is 55.8 Å². The molecule has 0 saturated heterocycles. The van der Waals surface area contributed by atoms with Crippen LogP contribution >= 0.6 is 23.2 Å². The van der Waals surface area contributed by atoms with Crippen molar-refractivity contribution in [2.45, 2.75) is 26.4 Å². The van der Waals surface area contributed by atoms with E-state index in [1.54, 1.807) is 12.1 Å². The highest BCUT2D eigenvalue weighted by Crippen LogP contribution is 2.43. The van der Waals surface area contributed by atoms with Crippen molar-refractivity contribution in [2.75, 3.05) is 18.6 Å². The minimum Gasteiger partial charge on any atom is -0.477 e. The van der Waals surface area contributed by atoms with Crippen molar-refractivity contribution in [1.82, 2.24) is 0 Å². The molecule has 1 amide bonds. The Morgan fingerprint density at radius 1 is 1.41 bits per heavy atom. The molecule has 0 N–H and O–H groups in total. The van der Waals surface area contributed by atoms with E-state index in [4.69, 9.17) is 27.9 Å². The van der Waals surface area contributed by atoms with Crippen molar-refractivity contribution in [3.8, 4) is 5.75 Å². The van der Waals surface area contributed by atoms with E-state index in [1.165, 1.54) is 12.0 Å². The zero-order chi connectivity index (χ0) is 16.4. The van der Waals surface area contributed by atoms with Crippen LogP contribution in [-0.4, -0.2) is 31.6 Å². The molecular weight excluding hydrogens is 329 g/mol. The van der Waals surface area contributed by atoms with Crippen molar-refractivity contribution in [2.24, 2.45) is 5.92 Å². The lowest BCUT2D eigenvalue weighted by molar-refractivity contribution is -0.140. The molecule has 1 aliphatic heterocycles. The fourth-order valence-electron chi connectivity index (χ4n) is 2.27. The summed E-state index contributed by atoms with van der Waals surface area (Å²) in [5, 5.41) is 0.731. The Labute approximate surface area is 139 Å². The molecule has 0 fully saturated rings. The van der Waals surface area contributed by atoms with Gasteiger partial charge in [-0.3, -0.25) is 9.59 Å². The number of halogens is 2. The molecule has 1 aromatic carbocycles. The molecule has 7 heteroatoms. The number of hydrogen-bond acceptors (Lipinski definition) is 4. The van der Waals surface area contributed by atoms with E-state index in [0.717, 1.165) is 0 Å². The standard InChI is InChI=1S/C15H17Cl2NO4/c1-8(2)13-15(20)18(5-4-12(19)21-3)11-7-9(16)6-10(17)14(11)22-13/h6-8,13H,4-5H2,1-3H3. The zero-order valence-electron chi connectivity index (χ0n) is 12.6. The molecule has 22 heavy (non-hydrogen) atoms. The number of carbonyl (C=O) groups excluding carboxylic acids is 2. The Hall–Kier alpha value is -1.46. The number of benzene rings is 1. The Balaban J connectivity index is 2.41. The quantitative estimate of drug-likeness (QED) is 0.785. The van der Waals surface area contributed by atoms with Gasteiger partial charge in [-0.15, -0.1) is 0 Å². The summed E-state index contributed by atoms with van der Waals surface area (Å²) in [4.78, 5) is 25.5. The fraction of sp³-hybridized carbons (Fsp3) is 0.467. The lowest BCUT2D eigenvalue weighted by Crippen LogP contribution is -2.49. The Morgan fingerprint density at radius 3 is 2.68 bits per heavy atom. The normalized spacial score (nSPS) is 17.3. The number of nitrogens with zero attached hydrogens (tertiary/aromatic N) is 1. The zero-order valence-corrected chi connectivity index (χ0v) is 14.1. The number of carbonyl (C=O) groups is 2. The van der Waals surface area contributed by atoms with Gasteiger partial charge >= 0.3 is 5.97 Å². The number of fused-ring (bicyclic) bond motifs is 1. The van der Waals surface area contributed by atoms with Gasteiger partial charge in [-0.05, 0) is 18.1 Å². The van der Waals surface area contributed by atoms with Crippen LogP contribution in [0.25, 0.3) is 0 Å². The third kappa shape index (κ3) is 3.31. The SMILES string of the molecule is COC(=O)CCN1C(=O)C(C(C)C)Oc2c(Cl)cc(Cl)cc21. The van der Waals surface area contributed by atoms with E-state index >= 15 is 0 Å². The van der Waals surface area contributed by atoms with Crippen molar-refractivity contribution in [3.63, 3.8) is 0 Å². The summed E-state index contributed by atoms with van der Waals surface area (Å²) in [6.07, 6.45) is -0.569. The van der Waals surface area contributed by atoms with Crippen LogP contribution in [0.15, 0.2) is 12.1 Å². The van der Waals surface area contributed by atoms with Crippen LogP contribution in [0.1, 0.15) is 20.3 Å². The van der Waals surface area contributed by atoms with Gasteiger partial charge in [0.1, 0.15) is 0 Å². The second-order valence-electron chi connectivity index (χ2n) is 5.33. The molecule has 0 saturated carbocycles. The van der Waals surface area contributed by atoms with E-state index in [9.17, 15) is 9.59 Å². The largest absolute Gasteiger partial charge is 0.477 e. The third-order valence-corrected chi connectivity index (χ3v) is 3.91. The minimum absolute atomic E-state index is 0.0342. The smallest absolute Gasteiger partial charge is 0.307 e. The molecule has 0 spiro atoms. The average molecular weight is 346 g/mol. The van der Waals surface area contributed by atoms with Crippen LogP contribution in [-0.2, 0) is 14.3 Å². The monoisotopic (exact) mass is 345 g/mol. The van der Waals surface area contributed by atoms with Gasteiger partial charge in [0.2, 0.25) is 0 Å². The van der Waals surface area contributed by atoms with Gasteiger partial charge in [0.25, 0.3) is 5.91 Å². The molecule has 0 aromatic heterocycles. The molecule has 2 rings (SSSR count). The summed E-state index contributed by atoms with van der Waals surface area (Å²) in [6.45, 7) is 3.95. The highest BCUT2D eigenvalue weighted by Gasteiger charge is 2.37. The molecule has 1 aromatic rings. The summed E-state index contributed by atoms with van der Waals surface area (Å²) < 4.78 is 10.4. The van der Waals surface area contributed by atoms with Gasteiger partial charge < -0.3 is 14.4 Å². The number of rotatable bonds is 4. The van der Waals surface area contributed by atoms with Gasteiger partial charge in [0, 0.05) is 11.6 Å². The highest BCUT2D eigenvalue weighted by atomic mass is 35.5. The van der Waals surface area contributed by atoms with Gasteiger partial charge in [-0.1, -0.05) is 37.0 Å². The van der Waals surface area contributed by atoms with E-state index in [-0.39, 0.29) is 24.8 Å². The van der Waals surface area contributed by atoms with Crippen LogP contribution in [0.2, 0.25) is 10.0 Å². The summed E-state index contributed by atoms with van der Waals surface area (Å²) >= 11 is 12.2. The first-order chi connectivity index (χ1) is 10.3. The minimum atomic E-state index is -0.649. The predicted octanol–water partition coefficient (Wildman–Crippen LogP) is 3.31. The lowest BCUT2D eigenvalue weighted by atomic mass is 10.0. The summed E-state index contributed by atoms with van der Waals surface area (Å²) in [7, 11) is 1.31. The molecule has 0 aliphatic carbocycles. The summed E-state index contributed by atoms with van der Waals surface area (Å²) in [5.74, 6) is -0.234. The molecule has 0 radical (unpaired) electrons. The molecule has 120 valence electrons. The van der Waals surface area contributed by atoms with E-state index in [0.29, 0.717) is 21.5 Å². The van der Waals surface area contributed by atoms with E-state index in [1.807, 2.05) is 13.8 Å². The first-order valence-corrected chi connectivity index (χ1v) is 7.64. The van der Waals surface area contributed by atoms with Crippen molar-refractivity contribution in [3.05, 3.63) is 22.2 Å². The number of esters is 1. The van der Waals surface area contributed by atoms with Crippen LogP contribution in [0.4, 0.5) is 5.69 Å². The first kappa shape index (κ1) is 16.9. The van der Waals surface area contributed by atoms with Crippen molar-refractivity contribution in [1.29, 1.82) is 0 Å². The number of anilines is 1. The summed E-state index contributed by atoms with van der Waals surface area (Å²) in [6, 6.07) is 3.17. The number of methoxy groups -OCH3 is 1. The fourth-order valence-corrected chi connectivity index (χ4v) is 2.80. The maximum Gasteiger partial charge on any atom is 0.307 e. The number of hydrogen-bond donors (Lipinski definition) is 0. The van der Waals surface area contributed by atoms with Gasteiger partial charge in [-0.2, -0.15) is 0 Å². The van der Waals surface area contributed by atoms with Crippen molar-refractivity contribution < 1.29 is 19.1 Å². The number of ether oxygens (including phenoxy) is 2. The van der Waals surface area contributed by atoms with Crippen LogP contribution in [0.3, 0.4) is 0 Å². The lowest BCUT2D eigenvalue weighted by Gasteiger charge is -2.36. The maximum absolute atomic E-state index is 12.6. The Kier molecular flexibility index (Phi) is 5.19. The second kappa shape index (κ2) is 6.75. The van der Waals surface area contributed by atoms with Crippen LogP contribution < -0.4 is 9.64 Å². The molecule has 1 atom stereocenters. The molecule has 1 unspecified atom stereocenters. The maximum atomic E-state index is 12.6. The summed E-state index contributed by atoms with van der Waals surface area (Å²) in [5.41, 5.74) is 0.475. The first-order valence-electron chi connectivity index (χ1n) is 6.89. The van der Waals surface area contributed by atoms with E-state index < -0.39 is 12.1 Å². The second-order valence-corrected chi connectivity index (χ2v) is 6.18. The molecular formula is C15H17Cl2NO4. The van der Waals surface area contributed by atoms with Gasteiger partial charge in [0.15, 0.2) is 11.9 Å². The van der Waals surface area contributed by atoms with Crippen molar-refractivity contribution >= 4 is 40.8 Å². The molecule has 0 bridgehead atoms. The molecule has 5 nitrogen and oxygen atoms in total. The van der Waals surface area contributed by atoms with Gasteiger partial charge in [-0.25, -0.2) is 0 Å². The predicted molar refractivity (Wildman–Crippen MR) is 84.7 cm³/mol. The molecule has 1 aliphatic rings. The van der Waals surface area contributed by atoms with E-state index in [2.05, 4.69) is 4.74 Å². The average Bonchev–Trinajstić information content (AvgIpc) is 2.45. The van der Waals surface area contributed by atoms with Crippen LogP contribution in [0, 0.1) is 5.92 Å².